The van der Waals surface area contributed by atoms with E-state index < -0.39 is 5.60 Å². The molecule has 0 aliphatic rings. The Morgan fingerprint density at radius 2 is 0.775 bits per heavy atom. The highest BCUT2D eigenvalue weighted by atomic mass is 16.6. The second-order valence-corrected chi connectivity index (χ2v) is 9.77. The number of amides is 1. The van der Waals surface area contributed by atoms with Crippen molar-refractivity contribution < 1.29 is 52.2 Å². The number of carbonyl (C=O) groups excluding carboxylic acids is 1. The predicted molar refractivity (Wildman–Crippen MR) is 151 cm³/mol. The molecule has 0 atom stereocenters. The summed E-state index contributed by atoms with van der Waals surface area (Å²) < 4.78 is 54.3. The van der Waals surface area contributed by atoms with Crippen molar-refractivity contribution in [2.24, 2.45) is 0 Å². The molecule has 12 heteroatoms. The van der Waals surface area contributed by atoms with Gasteiger partial charge in [-0.05, 0) is 27.2 Å². The number of likely N-dealkylation sites (N-methyl/N-ethyl adjacent to an activating group) is 1. The van der Waals surface area contributed by atoms with E-state index in [2.05, 4.69) is 6.92 Å². The van der Waals surface area contributed by atoms with E-state index in [1.165, 1.54) is 4.90 Å². The first-order valence-corrected chi connectivity index (χ1v) is 14.5. The third-order valence-corrected chi connectivity index (χ3v) is 4.89. The Hall–Kier alpha value is -1.09. The summed E-state index contributed by atoms with van der Waals surface area (Å²) >= 11 is 0. The van der Waals surface area contributed by atoms with Crippen LogP contribution in [0.3, 0.4) is 0 Å². The Labute approximate surface area is 242 Å². The lowest BCUT2D eigenvalue weighted by molar-refractivity contribution is -0.0254. The van der Waals surface area contributed by atoms with Gasteiger partial charge in [0.1, 0.15) is 5.60 Å². The fourth-order valence-corrected chi connectivity index (χ4v) is 2.74. The van der Waals surface area contributed by atoms with E-state index in [0.29, 0.717) is 119 Å². The highest BCUT2D eigenvalue weighted by Gasteiger charge is 2.19. The minimum atomic E-state index is -0.504. The van der Waals surface area contributed by atoms with Gasteiger partial charge >= 0.3 is 6.09 Å². The zero-order chi connectivity index (χ0) is 29.6. The number of hydrogen-bond acceptors (Lipinski definition) is 11. The minimum absolute atomic E-state index is 0.360. The van der Waals surface area contributed by atoms with E-state index in [1.54, 1.807) is 7.05 Å². The van der Waals surface area contributed by atoms with Crippen LogP contribution in [0.5, 0.6) is 0 Å². The van der Waals surface area contributed by atoms with E-state index in [0.717, 1.165) is 19.4 Å². The summed E-state index contributed by atoms with van der Waals surface area (Å²) in [7, 11) is 1.68. The van der Waals surface area contributed by atoms with Crippen molar-refractivity contribution in [1.29, 1.82) is 0 Å². The molecule has 12 nitrogen and oxygen atoms in total. The minimum Gasteiger partial charge on any atom is -0.444 e. The van der Waals surface area contributed by atoms with Crippen LogP contribution in [0.15, 0.2) is 0 Å². The quantitative estimate of drug-likeness (QED) is 0.116. The first kappa shape index (κ1) is 38.9. The molecule has 0 rings (SSSR count). The van der Waals surface area contributed by atoms with Gasteiger partial charge in [-0.3, -0.25) is 0 Å². The van der Waals surface area contributed by atoms with Crippen LogP contribution in [-0.4, -0.2) is 149 Å². The van der Waals surface area contributed by atoms with E-state index >= 15 is 0 Å². The van der Waals surface area contributed by atoms with Crippen LogP contribution in [0.1, 0.15) is 40.5 Å². The van der Waals surface area contributed by atoms with Crippen LogP contribution in [-0.2, 0) is 47.4 Å². The first-order chi connectivity index (χ1) is 19.4. The highest BCUT2D eigenvalue weighted by Crippen LogP contribution is 2.08. The molecule has 40 heavy (non-hydrogen) atoms. The molecule has 0 saturated carbocycles. The normalized spacial score (nSPS) is 11.7. The lowest BCUT2D eigenvalue weighted by atomic mass is 10.2. The van der Waals surface area contributed by atoms with Crippen LogP contribution in [0.25, 0.3) is 0 Å². The monoisotopic (exact) mass is 583 g/mol. The van der Waals surface area contributed by atoms with Crippen LogP contribution in [0.2, 0.25) is 0 Å². The zero-order valence-corrected chi connectivity index (χ0v) is 25.8. The Kier molecular flexibility index (Phi) is 28.6. The number of carbonyl (C=O) groups is 1. The van der Waals surface area contributed by atoms with E-state index in [-0.39, 0.29) is 6.09 Å². The maximum atomic E-state index is 11.8. The third kappa shape index (κ3) is 31.4. The Morgan fingerprint density at radius 1 is 0.500 bits per heavy atom. The summed E-state index contributed by atoms with van der Waals surface area (Å²) in [4.78, 5) is 13.3. The molecule has 0 aromatic rings. The van der Waals surface area contributed by atoms with Crippen molar-refractivity contribution >= 4 is 6.09 Å². The SMILES string of the molecule is CCCCOCCOCCOCCOCCOCCOCCOCCOCCOCCN(C)C(=O)OC(C)(C)C. The van der Waals surface area contributed by atoms with Gasteiger partial charge in [0.15, 0.2) is 0 Å². The summed E-state index contributed by atoms with van der Waals surface area (Å²) in [5.41, 5.74) is -0.504. The highest BCUT2D eigenvalue weighted by molar-refractivity contribution is 5.67. The van der Waals surface area contributed by atoms with Gasteiger partial charge in [0.2, 0.25) is 0 Å². The van der Waals surface area contributed by atoms with Gasteiger partial charge in [-0.25, -0.2) is 4.79 Å². The third-order valence-electron chi connectivity index (χ3n) is 4.89. The van der Waals surface area contributed by atoms with Gasteiger partial charge in [0.05, 0.1) is 112 Å². The summed E-state index contributed by atoms with van der Waals surface area (Å²) in [6.45, 7) is 17.7. The van der Waals surface area contributed by atoms with Crippen LogP contribution in [0.4, 0.5) is 4.79 Å². The largest absolute Gasteiger partial charge is 0.444 e. The molecular formula is C28H57NO11. The van der Waals surface area contributed by atoms with Crippen LogP contribution < -0.4 is 0 Å². The lowest BCUT2D eigenvalue weighted by Crippen LogP contribution is -2.36. The molecule has 0 bridgehead atoms. The van der Waals surface area contributed by atoms with Crippen molar-refractivity contribution in [3.63, 3.8) is 0 Å². The Bertz CT molecular complexity index is 535. The number of rotatable bonds is 30. The molecule has 0 fully saturated rings. The predicted octanol–water partition coefficient (Wildman–Crippen LogP) is 2.80. The van der Waals surface area contributed by atoms with Gasteiger partial charge in [0.25, 0.3) is 0 Å². The fourth-order valence-electron chi connectivity index (χ4n) is 2.74. The number of unbranched alkanes of at least 4 members (excludes halogenated alkanes) is 1. The topological polar surface area (TPSA) is 113 Å². The molecule has 0 N–H and O–H groups in total. The van der Waals surface area contributed by atoms with Gasteiger partial charge in [-0.15, -0.1) is 0 Å². The second-order valence-electron chi connectivity index (χ2n) is 9.77. The molecule has 0 aromatic carbocycles. The summed E-state index contributed by atoms with van der Waals surface area (Å²) in [5.74, 6) is 0. The first-order valence-electron chi connectivity index (χ1n) is 14.5. The van der Waals surface area contributed by atoms with Crippen LogP contribution >= 0.6 is 0 Å². The number of nitrogens with zero attached hydrogens (tertiary/aromatic N) is 1. The van der Waals surface area contributed by atoms with Gasteiger partial charge in [-0.1, -0.05) is 13.3 Å². The molecule has 0 aliphatic heterocycles. The van der Waals surface area contributed by atoms with Crippen molar-refractivity contribution in [3.05, 3.63) is 0 Å². The molecule has 240 valence electrons. The molecule has 0 aliphatic carbocycles. The average Bonchev–Trinajstić information content (AvgIpc) is 2.91. The zero-order valence-electron chi connectivity index (χ0n) is 25.8. The Balaban J connectivity index is 3.15. The molecular weight excluding hydrogens is 526 g/mol. The van der Waals surface area contributed by atoms with E-state index in [4.69, 9.17) is 47.4 Å². The molecule has 0 spiro atoms. The van der Waals surface area contributed by atoms with E-state index in [9.17, 15) is 4.79 Å². The molecule has 0 radical (unpaired) electrons. The molecule has 0 aromatic heterocycles. The van der Waals surface area contributed by atoms with Crippen molar-refractivity contribution in [2.45, 2.75) is 46.1 Å². The average molecular weight is 584 g/mol. The van der Waals surface area contributed by atoms with Gasteiger partial charge in [-0.2, -0.15) is 0 Å². The maximum absolute atomic E-state index is 11.8. The van der Waals surface area contributed by atoms with Crippen molar-refractivity contribution in [3.8, 4) is 0 Å². The maximum Gasteiger partial charge on any atom is 0.410 e. The molecule has 0 heterocycles. The lowest BCUT2D eigenvalue weighted by Gasteiger charge is -2.24. The summed E-state index contributed by atoms with van der Waals surface area (Å²) in [5, 5.41) is 0. The van der Waals surface area contributed by atoms with Crippen LogP contribution in [0, 0.1) is 0 Å². The standard InChI is InChI=1S/C28H57NO11/c1-6-7-9-31-11-13-33-15-17-35-19-21-37-23-25-39-26-24-38-22-20-36-18-16-34-14-12-32-10-8-29(5)27(30)40-28(2,3)4/h6-26H2,1-5H3. The van der Waals surface area contributed by atoms with E-state index in [1.807, 2.05) is 20.8 Å². The fraction of sp³-hybridized carbons (Fsp3) is 0.964. The molecule has 1 amide bonds. The summed E-state index contributed by atoms with van der Waals surface area (Å²) in [6.07, 6.45) is 1.88. The molecule has 0 saturated heterocycles. The van der Waals surface area contributed by atoms with Gasteiger partial charge < -0.3 is 52.3 Å². The summed E-state index contributed by atoms with van der Waals surface area (Å²) in [6, 6.07) is 0. The number of ether oxygens (including phenoxy) is 10. The number of hydrogen-bond donors (Lipinski definition) is 0. The smallest absolute Gasteiger partial charge is 0.410 e. The Morgan fingerprint density at radius 3 is 1.05 bits per heavy atom. The molecule has 0 unspecified atom stereocenters. The van der Waals surface area contributed by atoms with Gasteiger partial charge in [0, 0.05) is 20.2 Å². The van der Waals surface area contributed by atoms with Crippen molar-refractivity contribution in [2.75, 3.05) is 133 Å². The second kappa shape index (κ2) is 29.4. The van der Waals surface area contributed by atoms with Crippen molar-refractivity contribution in [1.82, 2.24) is 4.90 Å².